The van der Waals surface area contributed by atoms with E-state index in [1.807, 2.05) is 36.2 Å². The minimum absolute atomic E-state index is 0.212. The molecule has 0 aromatic heterocycles. The van der Waals surface area contributed by atoms with E-state index in [1.165, 1.54) is 0 Å². The van der Waals surface area contributed by atoms with E-state index in [9.17, 15) is 4.79 Å². The zero-order chi connectivity index (χ0) is 10.8. The largest absolute Gasteiger partial charge is 0.342 e. The average Bonchev–Trinajstić information content (AvgIpc) is 3.04. The van der Waals surface area contributed by atoms with Crippen LogP contribution in [0, 0.1) is 0 Å². The zero-order valence-electron chi connectivity index (χ0n) is 8.81. The summed E-state index contributed by atoms with van der Waals surface area (Å²) in [7, 11) is 1.90. The minimum Gasteiger partial charge on any atom is -0.342 e. The Hall–Kier alpha value is -0.960. The topological polar surface area (TPSA) is 20.3 Å². The number of nitrogens with zero attached hydrogens (tertiary/aromatic N) is 1. The third-order valence-electron chi connectivity index (χ3n) is 2.78. The lowest BCUT2D eigenvalue weighted by Gasteiger charge is -2.16. The van der Waals surface area contributed by atoms with Crippen LogP contribution in [0.3, 0.4) is 0 Å². The van der Waals surface area contributed by atoms with Crippen LogP contribution < -0.4 is 0 Å². The molecule has 0 atom stereocenters. The van der Waals surface area contributed by atoms with Crippen molar-refractivity contribution in [1.82, 2.24) is 4.90 Å². The predicted molar refractivity (Wildman–Crippen MR) is 63.2 cm³/mol. The first-order chi connectivity index (χ1) is 7.16. The molecule has 0 spiro atoms. The Balaban J connectivity index is 1.95. The van der Waals surface area contributed by atoms with Crippen LogP contribution in [-0.2, 0) is 11.2 Å². The maximum atomic E-state index is 11.8. The van der Waals surface area contributed by atoms with Crippen LogP contribution in [0.4, 0.5) is 0 Å². The van der Waals surface area contributed by atoms with Crippen LogP contribution in [0.25, 0.3) is 0 Å². The summed E-state index contributed by atoms with van der Waals surface area (Å²) in [5.41, 5.74) is 1.06. The van der Waals surface area contributed by atoms with Gasteiger partial charge in [0.2, 0.25) is 5.91 Å². The summed E-state index contributed by atoms with van der Waals surface area (Å²) in [5.74, 6) is 0.212. The molecule has 0 N–H and O–H groups in total. The van der Waals surface area contributed by atoms with Gasteiger partial charge in [0, 0.05) is 18.0 Å². The molecule has 3 heteroatoms. The molecule has 1 amide bonds. The van der Waals surface area contributed by atoms with Gasteiger partial charge in [-0.25, -0.2) is 0 Å². The van der Waals surface area contributed by atoms with Crippen molar-refractivity contribution in [3.63, 3.8) is 0 Å². The first-order valence-corrected chi connectivity index (χ1v) is 5.65. The molecule has 15 heavy (non-hydrogen) atoms. The Kier molecular flexibility index (Phi) is 3.00. The number of benzene rings is 1. The van der Waals surface area contributed by atoms with Crippen molar-refractivity contribution < 1.29 is 4.79 Å². The van der Waals surface area contributed by atoms with Gasteiger partial charge in [0.15, 0.2) is 0 Å². The van der Waals surface area contributed by atoms with Crippen LogP contribution in [0.2, 0.25) is 0 Å². The Bertz CT molecular complexity index is 356. The first kappa shape index (κ1) is 10.6. The number of likely N-dealkylation sites (N-methyl/N-ethyl adjacent to an activating group) is 1. The SMILES string of the molecule is CN(C(=O)Cc1ccc(S)cc1)C1CC1. The smallest absolute Gasteiger partial charge is 0.226 e. The maximum absolute atomic E-state index is 11.8. The van der Waals surface area contributed by atoms with E-state index in [1.54, 1.807) is 0 Å². The highest BCUT2D eigenvalue weighted by molar-refractivity contribution is 7.80. The second-order valence-corrected chi connectivity index (χ2v) is 4.60. The fourth-order valence-corrected chi connectivity index (χ4v) is 1.73. The van der Waals surface area contributed by atoms with Crippen LogP contribution in [0.5, 0.6) is 0 Å². The van der Waals surface area contributed by atoms with Gasteiger partial charge >= 0.3 is 0 Å². The number of carbonyl (C=O) groups excluding carboxylic acids is 1. The highest BCUT2D eigenvalue weighted by atomic mass is 32.1. The molecule has 0 unspecified atom stereocenters. The van der Waals surface area contributed by atoms with Crippen molar-refractivity contribution in [2.75, 3.05) is 7.05 Å². The number of thiol groups is 1. The normalized spacial score (nSPS) is 15.1. The quantitative estimate of drug-likeness (QED) is 0.775. The predicted octanol–water partition coefficient (Wildman–Crippen LogP) is 2.14. The lowest BCUT2D eigenvalue weighted by atomic mass is 10.1. The van der Waals surface area contributed by atoms with E-state index in [0.29, 0.717) is 12.5 Å². The molecule has 80 valence electrons. The molecule has 1 aromatic rings. The lowest BCUT2D eigenvalue weighted by Crippen LogP contribution is -2.30. The average molecular weight is 221 g/mol. The van der Waals surface area contributed by atoms with Gasteiger partial charge in [-0.05, 0) is 30.5 Å². The molecule has 1 aliphatic carbocycles. The fourth-order valence-electron chi connectivity index (χ4n) is 1.58. The Morgan fingerprint density at radius 2 is 2.00 bits per heavy atom. The molecule has 1 saturated carbocycles. The number of rotatable bonds is 3. The molecule has 0 aliphatic heterocycles. The molecule has 0 heterocycles. The van der Waals surface area contributed by atoms with E-state index >= 15 is 0 Å². The highest BCUT2D eigenvalue weighted by Gasteiger charge is 2.29. The molecule has 2 nitrogen and oxygen atoms in total. The summed E-state index contributed by atoms with van der Waals surface area (Å²) >= 11 is 4.21. The molecule has 0 saturated heterocycles. The van der Waals surface area contributed by atoms with Crippen LogP contribution in [0.1, 0.15) is 18.4 Å². The molecule has 1 aliphatic rings. The number of hydrogen-bond acceptors (Lipinski definition) is 2. The van der Waals surface area contributed by atoms with Crippen molar-refractivity contribution >= 4 is 18.5 Å². The maximum Gasteiger partial charge on any atom is 0.226 e. The third-order valence-corrected chi connectivity index (χ3v) is 3.08. The van der Waals surface area contributed by atoms with E-state index in [4.69, 9.17) is 0 Å². The standard InChI is InChI=1S/C12H15NOS/c1-13(10-4-5-10)12(14)8-9-2-6-11(15)7-3-9/h2-3,6-7,10,15H,4-5,8H2,1H3. The molecule has 1 aromatic carbocycles. The van der Waals surface area contributed by atoms with Gasteiger partial charge in [-0.3, -0.25) is 4.79 Å². The molecule has 0 radical (unpaired) electrons. The van der Waals surface area contributed by atoms with Gasteiger partial charge in [-0.1, -0.05) is 12.1 Å². The van der Waals surface area contributed by atoms with Crippen LogP contribution in [0.15, 0.2) is 29.2 Å². The summed E-state index contributed by atoms with van der Waals surface area (Å²) < 4.78 is 0. The molecular weight excluding hydrogens is 206 g/mol. The van der Waals surface area contributed by atoms with Gasteiger partial charge in [0.25, 0.3) is 0 Å². The first-order valence-electron chi connectivity index (χ1n) is 5.20. The summed E-state index contributed by atoms with van der Waals surface area (Å²) in [6.07, 6.45) is 2.83. The molecule has 2 rings (SSSR count). The van der Waals surface area contributed by atoms with Crippen molar-refractivity contribution in [2.45, 2.75) is 30.2 Å². The van der Waals surface area contributed by atoms with E-state index in [0.717, 1.165) is 23.3 Å². The Morgan fingerprint density at radius 1 is 1.40 bits per heavy atom. The number of hydrogen-bond donors (Lipinski definition) is 1. The summed E-state index contributed by atoms with van der Waals surface area (Å²) in [6.45, 7) is 0. The molecular formula is C12H15NOS. The van der Waals surface area contributed by atoms with Gasteiger partial charge in [0.1, 0.15) is 0 Å². The van der Waals surface area contributed by atoms with Crippen LogP contribution >= 0.6 is 12.6 Å². The van der Waals surface area contributed by atoms with Crippen molar-refractivity contribution in [1.29, 1.82) is 0 Å². The second-order valence-electron chi connectivity index (χ2n) is 4.08. The Labute approximate surface area is 95.7 Å². The summed E-state index contributed by atoms with van der Waals surface area (Å²) in [5, 5.41) is 0. The Morgan fingerprint density at radius 3 is 2.53 bits per heavy atom. The second kappa shape index (κ2) is 4.27. The van der Waals surface area contributed by atoms with Gasteiger partial charge in [0.05, 0.1) is 6.42 Å². The van der Waals surface area contributed by atoms with E-state index in [-0.39, 0.29) is 5.91 Å². The van der Waals surface area contributed by atoms with Gasteiger partial charge in [-0.2, -0.15) is 0 Å². The van der Waals surface area contributed by atoms with Crippen molar-refractivity contribution in [3.05, 3.63) is 29.8 Å². The van der Waals surface area contributed by atoms with Crippen molar-refractivity contribution in [2.24, 2.45) is 0 Å². The number of amides is 1. The minimum atomic E-state index is 0.212. The van der Waals surface area contributed by atoms with Gasteiger partial charge < -0.3 is 4.90 Å². The van der Waals surface area contributed by atoms with Crippen molar-refractivity contribution in [3.8, 4) is 0 Å². The monoisotopic (exact) mass is 221 g/mol. The van der Waals surface area contributed by atoms with E-state index in [2.05, 4.69) is 12.6 Å². The van der Waals surface area contributed by atoms with Gasteiger partial charge in [-0.15, -0.1) is 12.6 Å². The lowest BCUT2D eigenvalue weighted by molar-refractivity contribution is -0.129. The highest BCUT2D eigenvalue weighted by Crippen LogP contribution is 2.25. The van der Waals surface area contributed by atoms with Crippen LogP contribution in [-0.4, -0.2) is 23.9 Å². The molecule has 1 fully saturated rings. The number of carbonyl (C=O) groups is 1. The third kappa shape index (κ3) is 2.75. The fraction of sp³-hybridized carbons (Fsp3) is 0.417. The zero-order valence-corrected chi connectivity index (χ0v) is 9.71. The van der Waals surface area contributed by atoms with E-state index < -0.39 is 0 Å². The summed E-state index contributed by atoms with van der Waals surface area (Å²) in [6, 6.07) is 8.26. The molecule has 0 bridgehead atoms. The summed E-state index contributed by atoms with van der Waals surface area (Å²) in [4.78, 5) is 14.6.